The van der Waals surface area contributed by atoms with Gasteiger partial charge in [-0.25, -0.2) is 13.1 Å². The van der Waals surface area contributed by atoms with Crippen molar-refractivity contribution in [2.75, 3.05) is 12.8 Å². The lowest BCUT2D eigenvalue weighted by atomic mass is 10.3. The number of nitrogens with one attached hydrogen (secondary N) is 1. The van der Waals surface area contributed by atoms with Crippen molar-refractivity contribution in [3.63, 3.8) is 0 Å². The Hall–Kier alpha value is -0.620. The Morgan fingerprint density at radius 2 is 2.07 bits per heavy atom. The molecule has 0 bridgehead atoms. The van der Waals surface area contributed by atoms with Crippen molar-refractivity contribution in [2.45, 2.75) is 31.3 Å². The SMILES string of the molecule is CS(=O)(=O)NC1CC(=O)N(C2CC2)C1. The van der Waals surface area contributed by atoms with Crippen LogP contribution >= 0.6 is 0 Å². The van der Waals surface area contributed by atoms with Crippen LogP contribution in [-0.2, 0) is 14.8 Å². The zero-order valence-corrected chi connectivity index (χ0v) is 8.88. The predicted molar refractivity (Wildman–Crippen MR) is 51.1 cm³/mol. The Bertz CT molecular complexity index is 348. The van der Waals surface area contributed by atoms with E-state index in [0.717, 1.165) is 19.1 Å². The summed E-state index contributed by atoms with van der Waals surface area (Å²) in [6.45, 7) is 0.538. The molecule has 0 radical (unpaired) electrons. The third kappa shape index (κ3) is 2.24. The van der Waals surface area contributed by atoms with Crippen LogP contribution in [-0.4, -0.2) is 44.1 Å². The van der Waals surface area contributed by atoms with E-state index in [1.165, 1.54) is 0 Å². The first-order valence-corrected chi connectivity index (χ1v) is 6.61. The lowest BCUT2D eigenvalue weighted by Crippen LogP contribution is -2.36. The summed E-state index contributed by atoms with van der Waals surface area (Å²) in [7, 11) is -3.19. The van der Waals surface area contributed by atoms with Crippen LogP contribution < -0.4 is 4.72 Å². The molecule has 1 N–H and O–H groups in total. The summed E-state index contributed by atoms with van der Waals surface area (Å²) in [6.07, 6.45) is 3.56. The van der Waals surface area contributed by atoms with Crippen molar-refractivity contribution in [3.8, 4) is 0 Å². The maximum atomic E-state index is 11.4. The van der Waals surface area contributed by atoms with Gasteiger partial charge in [-0.2, -0.15) is 0 Å². The molecule has 1 atom stereocenters. The summed E-state index contributed by atoms with van der Waals surface area (Å²) in [5, 5.41) is 0. The fraction of sp³-hybridized carbons (Fsp3) is 0.875. The molecular weight excluding hydrogens is 204 g/mol. The molecule has 1 saturated heterocycles. The Kier molecular flexibility index (Phi) is 2.27. The predicted octanol–water partition coefficient (Wildman–Crippen LogP) is -0.701. The third-order valence-corrected chi connectivity index (χ3v) is 3.29. The van der Waals surface area contributed by atoms with Gasteiger partial charge in [0.25, 0.3) is 0 Å². The average molecular weight is 218 g/mol. The molecule has 2 aliphatic rings. The second-order valence-corrected chi connectivity index (χ2v) is 5.85. The number of nitrogens with zero attached hydrogens (tertiary/aromatic N) is 1. The monoisotopic (exact) mass is 218 g/mol. The molecule has 80 valence electrons. The molecule has 0 aromatic carbocycles. The van der Waals surface area contributed by atoms with Crippen molar-refractivity contribution >= 4 is 15.9 Å². The third-order valence-electron chi connectivity index (χ3n) is 2.53. The number of hydrogen-bond acceptors (Lipinski definition) is 3. The number of likely N-dealkylation sites (tertiary alicyclic amines) is 1. The van der Waals surface area contributed by atoms with Gasteiger partial charge in [-0.05, 0) is 12.8 Å². The minimum Gasteiger partial charge on any atom is -0.338 e. The first-order chi connectivity index (χ1) is 6.46. The van der Waals surface area contributed by atoms with Gasteiger partial charge in [0.1, 0.15) is 0 Å². The van der Waals surface area contributed by atoms with Crippen molar-refractivity contribution in [3.05, 3.63) is 0 Å². The van der Waals surface area contributed by atoms with E-state index in [1.807, 2.05) is 0 Å². The molecule has 1 amide bonds. The topological polar surface area (TPSA) is 66.5 Å². The van der Waals surface area contributed by atoms with Crippen molar-refractivity contribution in [1.29, 1.82) is 0 Å². The summed E-state index contributed by atoms with van der Waals surface area (Å²) < 4.78 is 24.4. The van der Waals surface area contributed by atoms with Gasteiger partial charge < -0.3 is 4.90 Å². The van der Waals surface area contributed by atoms with E-state index in [1.54, 1.807) is 4.90 Å². The van der Waals surface area contributed by atoms with E-state index in [4.69, 9.17) is 0 Å². The molecule has 1 heterocycles. The van der Waals surface area contributed by atoms with Gasteiger partial charge in [0.15, 0.2) is 0 Å². The second kappa shape index (κ2) is 3.20. The van der Waals surface area contributed by atoms with Crippen LogP contribution in [0.3, 0.4) is 0 Å². The lowest BCUT2D eigenvalue weighted by Gasteiger charge is -2.15. The van der Waals surface area contributed by atoms with Crippen LogP contribution in [0.4, 0.5) is 0 Å². The lowest BCUT2D eigenvalue weighted by molar-refractivity contribution is -0.128. The van der Waals surface area contributed by atoms with Crippen LogP contribution in [0.5, 0.6) is 0 Å². The number of hydrogen-bond donors (Lipinski definition) is 1. The zero-order valence-electron chi connectivity index (χ0n) is 8.06. The summed E-state index contributed by atoms with van der Waals surface area (Å²) in [5.41, 5.74) is 0. The number of sulfonamides is 1. The van der Waals surface area contributed by atoms with E-state index in [2.05, 4.69) is 4.72 Å². The van der Waals surface area contributed by atoms with Crippen LogP contribution in [0.1, 0.15) is 19.3 Å². The molecule has 1 aliphatic heterocycles. The van der Waals surface area contributed by atoms with Gasteiger partial charge in [-0.1, -0.05) is 0 Å². The molecule has 1 aliphatic carbocycles. The van der Waals surface area contributed by atoms with Crippen molar-refractivity contribution in [1.82, 2.24) is 9.62 Å². The molecule has 5 nitrogen and oxygen atoms in total. The number of rotatable bonds is 3. The maximum Gasteiger partial charge on any atom is 0.224 e. The number of amides is 1. The van der Waals surface area contributed by atoms with Crippen LogP contribution in [0.25, 0.3) is 0 Å². The highest BCUT2D eigenvalue weighted by Gasteiger charge is 2.39. The molecule has 14 heavy (non-hydrogen) atoms. The second-order valence-electron chi connectivity index (χ2n) is 4.07. The molecule has 2 fully saturated rings. The molecule has 2 rings (SSSR count). The van der Waals surface area contributed by atoms with Crippen molar-refractivity contribution in [2.24, 2.45) is 0 Å². The van der Waals surface area contributed by atoms with E-state index in [9.17, 15) is 13.2 Å². The minimum atomic E-state index is -3.19. The Morgan fingerprint density at radius 1 is 1.43 bits per heavy atom. The summed E-state index contributed by atoms with van der Waals surface area (Å²) in [5.74, 6) is 0.0775. The normalized spacial score (nSPS) is 28.5. The largest absolute Gasteiger partial charge is 0.338 e. The van der Waals surface area contributed by atoms with Gasteiger partial charge >= 0.3 is 0 Å². The standard InChI is InChI=1S/C8H14N2O3S/c1-14(12,13)9-6-4-8(11)10(5-6)7-2-3-7/h6-7,9H,2-5H2,1H3. The smallest absolute Gasteiger partial charge is 0.224 e. The molecule has 1 unspecified atom stereocenters. The maximum absolute atomic E-state index is 11.4. The van der Waals surface area contributed by atoms with E-state index < -0.39 is 10.0 Å². The zero-order chi connectivity index (χ0) is 10.3. The molecule has 0 spiro atoms. The summed E-state index contributed by atoms with van der Waals surface area (Å²) in [6, 6.07) is 0.159. The highest BCUT2D eigenvalue weighted by atomic mass is 32.2. The van der Waals surface area contributed by atoms with E-state index in [-0.39, 0.29) is 11.9 Å². The van der Waals surface area contributed by atoms with Crippen LogP contribution in [0, 0.1) is 0 Å². The fourth-order valence-electron chi connectivity index (χ4n) is 1.85. The molecule has 6 heteroatoms. The Labute approximate surface area is 83.5 Å². The number of carbonyl (C=O) groups is 1. The quantitative estimate of drug-likeness (QED) is 0.681. The average Bonchev–Trinajstić information content (AvgIpc) is 2.75. The van der Waals surface area contributed by atoms with Crippen molar-refractivity contribution < 1.29 is 13.2 Å². The van der Waals surface area contributed by atoms with Gasteiger partial charge in [-0.15, -0.1) is 0 Å². The number of carbonyl (C=O) groups excluding carboxylic acids is 1. The van der Waals surface area contributed by atoms with Gasteiger partial charge in [-0.3, -0.25) is 4.79 Å². The fourth-order valence-corrected chi connectivity index (χ4v) is 2.62. The molecule has 1 saturated carbocycles. The summed E-state index contributed by atoms with van der Waals surface area (Å²) in [4.78, 5) is 13.2. The highest BCUT2D eigenvalue weighted by Crippen LogP contribution is 2.30. The minimum absolute atomic E-state index is 0.0775. The van der Waals surface area contributed by atoms with Crippen LogP contribution in [0.15, 0.2) is 0 Å². The molecular formula is C8H14N2O3S. The van der Waals surface area contributed by atoms with Gasteiger partial charge in [0.05, 0.1) is 6.26 Å². The van der Waals surface area contributed by atoms with Gasteiger partial charge in [0, 0.05) is 25.0 Å². The first-order valence-electron chi connectivity index (χ1n) is 4.72. The molecule has 0 aromatic heterocycles. The first kappa shape index (κ1) is 9.92. The van der Waals surface area contributed by atoms with Crippen LogP contribution in [0.2, 0.25) is 0 Å². The Morgan fingerprint density at radius 3 is 2.57 bits per heavy atom. The molecule has 0 aromatic rings. The Balaban J connectivity index is 1.95. The van der Waals surface area contributed by atoms with Gasteiger partial charge in [0.2, 0.25) is 15.9 Å². The summed E-state index contributed by atoms with van der Waals surface area (Å²) >= 11 is 0. The highest BCUT2D eigenvalue weighted by molar-refractivity contribution is 7.88. The van der Waals surface area contributed by atoms with E-state index >= 15 is 0 Å². The van der Waals surface area contributed by atoms with E-state index in [0.29, 0.717) is 19.0 Å².